The van der Waals surface area contributed by atoms with Crippen molar-refractivity contribution in [3.63, 3.8) is 0 Å². The Morgan fingerprint density at radius 1 is 1.00 bits per heavy atom. The SMILES string of the molecule is OC(CCC(O)C1CO1)C1CO1. The van der Waals surface area contributed by atoms with Gasteiger partial charge >= 0.3 is 0 Å². The Kier molecular flexibility index (Phi) is 2.32. The maximum absolute atomic E-state index is 9.36. The first-order valence-corrected chi connectivity index (χ1v) is 4.36. The Labute approximate surface area is 71.1 Å². The largest absolute Gasteiger partial charge is 0.390 e. The number of epoxide rings is 2. The molecule has 4 unspecified atom stereocenters. The molecule has 4 nitrogen and oxygen atoms in total. The minimum Gasteiger partial charge on any atom is -0.390 e. The lowest BCUT2D eigenvalue weighted by Crippen LogP contribution is -2.21. The zero-order valence-electron chi connectivity index (χ0n) is 6.85. The number of aliphatic hydroxyl groups is 2. The maximum atomic E-state index is 9.36. The van der Waals surface area contributed by atoms with Gasteiger partial charge in [0.1, 0.15) is 12.2 Å². The minimum atomic E-state index is -0.404. The summed E-state index contributed by atoms with van der Waals surface area (Å²) in [5.41, 5.74) is 0. The molecule has 2 rings (SSSR count). The summed E-state index contributed by atoms with van der Waals surface area (Å²) in [6, 6.07) is 0. The Bertz CT molecular complexity index is 135. The summed E-state index contributed by atoms with van der Waals surface area (Å²) < 4.78 is 9.83. The molecule has 70 valence electrons. The maximum Gasteiger partial charge on any atom is 0.107 e. The molecule has 0 aromatic carbocycles. The van der Waals surface area contributed by atoms with Gasteiger partial charge in [0.2, 0.25) is 0 Å². The number of ether oxygens (including phenoxy) is 2. The van der Waals surface area contributed by atoms with E-state index < -0.39 is 12.2 Å². The lowest BCUT2D eigenvalue weighted by atomic mass is 10.1. The molecule has 0 bridgehead atoms. The van der Waals surface area contributed by atoms with E-state index in [9.17, 15) is 10.2 Å². The normalized spacial score (nSPS) is 37.5. The minimum absolute atomic E-state index is 0.0253. The van der Waals surface area contributed by atoms with E-state index in [0.717, 1.165) is 0 Å². The van der Waals surface area contributed by atoms with Crippen LogP contribution in [-0.2, 0) is 9.47 Å². The quantitative estimate of drug-likeness (QED) is 0.540. The van der Waals surface area contributed by atoms with Gasteiger partial charge in [0, 0.05) is 0 Å². The smallest absolute Gasteiger partial charge is 0.107 e. The van der Waals surface area contributed by atoms with Crippen molar-refractivity contribution in [1.82, 2.24) is 0 Å². The van der Waals surface area contributed by atoms with Crippen LogP contribution in [-0.4, -0.2) is 47.8 Å². The fourth-order valence-electron chi connectivity index (χ4n) is 1.27. The lowest BCUT2D eigenvalue weighted by Gasteiger charge is -2.09. The van der Waals surface area contributed by atoms with Gasteiger partial charge in [0.15, 0.2) is 0 Å². The molecule has 0 aromatic heterocycles. The highest BCUT2D eigenvalue weighted by atomic mass is 16.6. The highest BCUT2D eigenvalue weighted by molar-refractivity contribution is 4.83. The molecule has 0 radical (unpaired) electrons. The zero-order chi connectivity index (χ0) is 8.55. The molecule has 4 heteroatoms. The van der Waals surface area contributed by atoms with Crippen molar-refractivity contribution in [2.45, 2.75) is 37.3 Å². The van der Waals surface area contributed by atoms with Gasteiger partial charge in [-0.2, -0.15) is 0 Å². The highest BCUT2D eigenvalue weighted by Crippen LogP contribution is 2.22. The summed E-state index contributed by atoms with van der Waals surface area (Å²) in [5.74, 6) is 0. The summed E-state index contributed by atoms with van der Waals surface area (Å²) >= 11 is 0. The van der Waals surface area contributed by atoms with E-state index in [1.54, 1.807) is 0 Å². The van der Waals surface area contributed by atoms with Crippen LogP contribution in [0.4, 0.5) is 0 Å². The third-order valence-electron chi connectivity index (χ3n) is 2.33. The topological polar surface area (TPSA) is 65.5 Å². The standard InChI is InChI=1S/C8H14O4/c9-5(7-3-11-7)1-2-6(10)8-4-12-8/h5-10H,1-4H2. The van der Waals surface area contributed by atoms with E-state index in [0.29, 0.717) is 26.1 Å². The van der Waals surface area contributed by atoms with Gasteiger partial charge in [-0.25, -0.2) is 0 Å². The zero-order valence-corrected chi connectivity index (χ0v) is 6.85. The van der Waals surface area contributed by atoms with E-state index in [-0.39, 0.29) is 12.2 Å². The van der Waals surface area contributed by atoms with Gasteiger partial charge in [-0.05, 0) is 12.8 Å². The third kappa shape index (κ3) is 2.17. The predicted molar refractivity (Wildman–Crippen MR) is 40.7 cm³/mol. The second-order valence-electron chi connectivity index (χ2n) is 3.46. The summed E-state index contributed by atoms with van der Waals surface area (Å²) in [5, 5.41) is 18.7. The Balaban J connectivity index is 1.59. The summed E-state index contributed by atoms with van der Waals surface area (Å²) in [6.07, 6.45) is 0.448. The first kappa shape index (κ1) is 8.44. The molecule has 2 heterocycles. The van der Waals surface area contributed by atoms with Crippen molar-refractivity contribution in [2.24, 2.45) is 0 Å². The number of hydrogen-bond acceptors (Lipinski definition) is 4. The molecule has 4 atom stereocenters. The Morgan fingerprint density at radius 2 is 1.33 bits per heavy atom. The predicted octanol–water partition coefficient (Wildman–Crippen LogP) is -0.714. The van der Waals surface area contributed by atoms with Crippen LogP contribution in [0.1, 0.15) is 12.8 Å². The lowest BCUT2D eigenvalue weighted by molar-refractivity contribution is 0.0806. The van der Waals surface area contributed by atoms with Gasteiger partial charge in [-0.15, -0.1) is 0 Å². The van der Waals surface area contributed by atoms with Gasteiger partial charge < -0.3 is 19.7 Å². The van der Waals surface area contributed by atoms with Crippen molar-refractivity contribution >= 4 is 0 Å². The average molecular weight is 174 g/mol. The summed E-state index contributed by atoms with van der Waals surface area (Å²) in [7, 11) is 0. The molecule has 0 aromatic rings. The molecule has 2 aliphatic heterocycles. The van der Waals surface area contributed by atoms with Crippen LogP contribution in [0, 0.1) is 0 Å². The van der Waals surface area contributed by atoms with Crippen LogP contribution in [0.3, 0.4) is 0 Å². The van der Waals surface area contributed by atoms with E-state index in [1.807, 2.05) is 0 Å². The van der Waals surface area contributed by atoms with Crippen LogP contribution >= 0.6 is 0 Å². The molecule has 2 saturated heterocycles. The van der Waals surface area contributed by atoms with Gasteiger partial charge in [-0.3, -0.25) is 0 Å². The molecular formula is C8H14O4. The van der Waals surface area contributed by atoms with Crippen molar-refractivity contribution in [2.75, 3.05) is 13.2 Å². The Morgan fingerprint density at radius 3 is 1.58 bits per heavy atom. The summed E-state index contributed by atoms with van der Waals surface area (Å²) in [4.78, 5) is 0. The Hall–Kier alpha value is -0.160. The molecule has 12 heavy (non-hydrogen) atoms. The molecule has 0 aliphatic carbocycles. The number of aliphatic hydroxyl groups excluding tert-OH is 2. The van der Waals surface area contributed by atoms with Gasteiger partial charge in [-0.1, -0.05) is 0 Å². The van der Waals surface area contributed by atoms with Crippen LogP contribution in [0.25, 0.3) is 0 Å². The summed E-state index contributed by atoms with van der Waals surface area (Å²) in [6.45, 7) is 1.33. The van der Waals surface area contributed by atoms with Gasteiger partial charge in [0.05, 0.1) is 25.4 Å². The molecule has 2 fully saturated rings. The number of hydrogen-bond donors (Lipinski definition) is 2. The molecule has 0 spiro atoms. The van der Waals surface area contributed by atoms with Crippen molar-refractivity contribution in [3.8, 4) is 0 Å². The van der Waals surface area contributed by atoms with Crippen LogP contribution in [0.2, 0.25) is 0 Å². The highest BCUT2D eigenvalue weighted by Gasteiger charge is 2.34. The van der Waals surface area contributed by atoms with Crippen molar-refractivity contribution < 1.29 is 19.7 Å². The van der Waals surface area contributed by atoms with Gasteiger partial charge in [0.25, 0.3) is 0 Å². The second-order valence-corrected chi connectivity index (χ2v) is 3.46. The van der Waals surface area contributed by atoms with E-state index >= 15 is 0 Å². The van der Waals surface area contributed by atoms with E-state index in [4.69, 9.17) is 9.47 Å². The number of rotatable bonds is 5. The second kappa shape index (κ2) is 3.30. The van der Waals surface area contributed by atoms with E-state index in [1.165, 1.54) is 0 Å². The molecular weight excluding hydrogens is 160 g/mol. The average Bonchev–Trinajstić information content (AvgIpc) is 2.91. The third-order valence-corrected chi connectivity index (χ3v) is 2.33. The van der Waals surface area contributed by atoms with E-state index in [2.05, 4.69) is 0 Å². The van der Waals surface area contributed by atoms with Crippen LogP contribution in [0.5, 0.6) is 0 Å². The molecule has 2 aliphatic rings. The van der Waals surface area contributed by atoms with Crippen molar-refractivity contribution in [1.29, 1.82) is 0 Å². The van der Waals surface area contributed by atoms with Crippen LogP contribution < -0.4 is 0 Å². The molecule has 0 amide bonds. The molecule has 0 saturated carbocycles. The fraction of sp³-hybridized carbons (Fsp3) is 1.00. The molecule has 2 N–H and O–H groups in total. The fourth-order valence-corrected chi connectivity index (χ4v) is 1.27. The first-order chi connectivity index (χ1) is 5.77. The monoisotopic (exact) mass is 174 g/mol. The van der Waals surface area contributed by atoms with Crippen molar-refractivity contribution in [3.05, 3.63) is 0 Å². The first-order valence-electron chi connectivity index (χ1n) is 4.36. The van der Waals surface area contributed by atoms with Crippen LogP contribution in [0.15, 0.2) is 0 Å².